The molecule has 0 bridgehead atoms. The van der Waals surface area contributed by atoms with E-state index in [0.29, 0.717) is 17.4 Å². The minimum Gasteiger partial charge on any atom is -0.378 e. The molecule has 0 saturated heterocycles. The van der Waals surface area contributed by atoms with E-state index in [9.17, 15) is 0 Å². The molecule has 2 nitrogen and oxygen atoms in total. The fourth-order valence-corrected chi connectivity index (χ4v) is 2.42. The van der Waals surface area contributed by atoms with Crippen molar-refractivity contribution >= 4 is 0 Å². The molecule has 1 unspecified atom stereocenters. The number of ether oxygens (including phenoxy) is 1. The largest absolute Gasteiger partial charge is 0.378 e. The van der Waals surface area contributed by atoms with Crippen molar-refractivity contribution in [2.45, 2.75) is 65.9 Å². The van der Waals surface area contributed by atoms with E-state index in [4.69, 9.17) is 4.74 Å². The molecule has 0 aliphatic heterocycles. The minimum atomic E-state index is 0.525. The van der Waals surface area contributed by atoms with Crippen LogP contribution in [0.4, 0.5) is 0 Å². The van der Waals surface area contributed by atoms with Gasteiger partial charge in [-0.1, -0.05) is 27.7 Å². The first-order valence-corrected chi connectivity index (χ1v) is 7.36. The van der Waals surface area contributed by atoms with Gasteiger partial charge in [-0.15, -0.1) is 0 Å². The maximum atomic E-state index is 6.03. The Bertz CT molecular complexity index is 193. The van der Waals surface area contributed by atoms with Crippen LogP contribution in [0.2, 0.25) is 0 Å². The molecule has 102 valence electrons. The van der Waals surface area contributed by atoms with Crippen molar-refractivity contribution in [3.63, 3.8) is 0 Å². The van der Waals surface area contributed by atoms with Crippen molar-refractivity contribution in [3.8, 4) is 0 Å². The molecule has 1 N–H and O–H groups in total. The van der Waals surface area contributed by atoms with E-state index < -0.39 is 0 Å². The Morgan fingerprint density at radius 3 is 2.53 bits per heavy atom. The predicted octanol–water partition coefficient (Wildman–Crippen LogP) is 3.61. The van der Waals surface area contributed by atoms with Crippen molar-refractivity contribution in [2.75, 3.05) is 19.7 Å². The van der Waals surface area contributed by atoms with Crippen LogP contribution in [0, 0.1) is 11.3 Å². The van der Waals surface area contributed by atoms with Gasteiger partial charge in [0, 0.05) is 0 Å². The highest BCUT2D eigenvalue weighted by molar-refractivity contribution is 4.79. The Morgan fingerprint density at radius 2 is 1.94 bits per heavy atom. The first-order valence-electron chi connectivity index (χ1n) is 7.36. The highest BCUT2D eigenvalue weighted by Gasteiger charge is 2.27. The smallest absolute Gasteiger partial charge is 0.0575 e. The molecule has 1 fully saturated rings. The third kappa shape index (κ3) is 6.42. The Morgan fingerprint density at radius 1 is 1.29 bits per heavy atom. The lowest BCUT2D eigenvalue weighted by molar-refractivity contribution is -0.00956. The summed E-state index contributed by atoms with van der Waals surface area (Å²) >= 11 is 0. The van der Waals surface area contributed by atoms with Gasteiger partial charge in [-0.2, -0.15) is 0 Å². The zero-order valence-electron chi connectivity index (χ0n) is 12.2. The highest BCUT2D eigenvalue weighted by Crippen LogP contribution is 2.36. The minimum absolute atomic E-state index is 0.525. The molecule has 1 atom stereocenters. The van der Waals surface area contributed by atoms with Crippen LogP contribution >= 0.6 is 0 Å². The van der Waals surface area contributed by atoms with Crippen molar-refractivity contribution in [1.82, 2.24) is 5.32 Å². The molecule has 0 heterocycles. The van der Waals surface area contributed by atoms with Gasteiger partial charge in [0.05, 0.1) is 12.7 Å². The lowest BCUT2D eigenvalue weighted by atomic mass is 9.76. The van der Waals surface area contributed by atoms with Gasteiger partial charge in [0.15, 0.2) is 0 Å². The number of nitrogens with one attached hydrogen (secondary N) is 1. The molecule has 0 amide bonds. The standard InChI is InChI=1S/C15H31NO/c1-5-10-16-11-13(2)12-17-14-6-8-15(3,4)9-7-14/h13-14,16H,5-12H2,1-4H3. The summed E-state index contributed by atoms with van der Waals surface area (Å²) in [6.45, 7) is 12.4. The van der Waals surface area contributed by atoms with E-state index in [-0.39, 0.29) is 0 Å². The van der Waals surface area contributed by atoms with Gasteiger partial charge in [0.2, 0.25) is 0 Å². The van der Waals surface area contributed by atoms with E-state index in [1.54, 1.807) is 0 Å². The summed E-state index contributed by atoms with van der Waals surface area (Å²) in [7, 11) is 0. The van der Waals surface area contributed by atoms with Crippen LogP contribution in [-0.2, 0) is 4.74 Å². The molecule has 0 aromatic rings. The molecular weight excluding hydrogens is 210 g/mol. The van der Waals surface area contributed by atoms with Gasteiger partial charge >= 0.3 is 0 Å². The lowest BCUT2D eigenvalue weighted by Gasteiger charge is -2.34. The molecule has 0 aromatic heterocycles. The van der Waals surface area contributed by atoms with E-state index in [2.05, 4.69) is 33.0 Å². The van der Waals surface area contributed by atoms with Crippen LogP contribution < -0.4 is 5.32 Å². The third-order valence-corrected chi connectivity index (χ3v) is 3.82. The average molecular weight is 241 g/mol. The second-order valence-electron chi connectivity index (χ2n) is 6.51. The van der Waals surface area contributed by atoms with Crippen LogP contribution in [0.15, 0.2) is 0 Å². The maximum Gasteiger partial charge on any atom is 0.0575 e. The van der Waals surface area contributed by atoms with E-state index >= 15 is 0 Å². The fourth-order valence-electron chi connectivity index (χ4n) is 2.42. The summed E-state index contributed by atoms with van der Waals surface area (Å²) in [4.78, 5) is 0. The molecule has 0 spiro atoms. The van der Waals surface area contributed by atoms with E-state index in [0.717, 1.165) is 19.7 Å². The Hall–Kier alpha value is -0.0800. The molecule has 17 heavy (non-hydrogen) atoms. The predicted molar refractivity (Wildman–Crippen MR) is 74.3 cm³/mol. The first-order chi connectivity index (χ1) is 8.03. The number of hydrogen-bond donors (Lipinski definition) is 1. The molecule has 0 radical (unpaired) electrons. The third-order valence-electron chi connectivity index (χ3n) is 3.82. The van der Waals surface area contributed by atoms with Crippen molar-refractivity contribution < 1.29 is 4.74 Å². The molecule has 1 saturated carbocycles. The van der Waals surface area contributed by atoms with Crippen LogP contribution in [0.3, 0.4) is 0 Å². The molecule has 1 rings (SSSR count). The Balaban J connectivity index is 2.06. The SMILES string of the molecule is CCCNCC(C)COC1CCC(C)(C)CC1. The van der Waals surface area contributed by atoms with Crippen LogP contribution in [-0.4, -0.2) is 25.8 Å². The summed E-state index contributed by atoms with van der Waals surface area (Å²) < 4.78 is 6.03. The molecular formula is C15H31NO. The summed E-state index contributed by atoms with van der Waals surface area (Å²) in [5.74, 6) is 0.636. The van der Waals surface area contributed by atoms with Gasteiger partial charge in [0.25, 0.3) is 0 Å². The van der Waals surface area contributed by atoms with Gasteiger partial charge in [-0.25, -0.2) is 0 Å². The van der Waals surface area contributed by atoms with E-state index in [1.165, 1.54) is 32.1 Å². The second kappa shape index (κ2) is 7.38. The normalized spacial score (nSPS) is 22.6. The maximum absolute atomic E-state index is 6.03. The quantitative estimate of drug-likeness (QED) is 0.688. The van der Waals surface area contributed by atoms with Crippen LogP contribution in [0.1, 0.15) is 59.8 Å². The van der Waals surface area contributed by atoms with Gasteiger partial charge in [-0.05, 0) is 56.5 Å². The summed E-state index contributed by atoms with van der Waals surface area (Å²) in [6, 6.07) is 0. The van der Waals surface area contributed by atoms with Gasteiger partial charge in [0.1, 0.15) is 0 Å². The zero-order chi connectivity index (χ0) is 12.7. The molecule has 0 aromatic carbocycles. The number of hydrogen-bond acceptors (Lipinski definition) is 2. The van der Waals surface area contributed by atoms with Crippen LogP contribution in [0.5, 0.6) is 0 Å². The average Bonchev–Trinajstić information content (AvgIpc) is 2.28. The molecule has 1 aliphatic carbocycles. The topological polar surface area (TPSA) is 21.3 Å². The molecule has 1 aliphatic rings. The van der Waals surface area contributed by atoms with Crippen LogP contribution in [0.25, 0.3) is 0 Å². The monoisotopic (exact) mass is 241 g/mol. The van der Waals surface area contributed by atoms with Crippen molar-refractivity contribution in [1.29, 1.82) is 0 Å². The van der Waals surface area contributed by atoms with E-state index in [1.807, 2.05) is 0 Å². The summed E-state index contributed by atoms with van der Waals surface area (Å²) in [5.41, 5.74) is 0.550. The Labute approximate surface area is 108 Å². The lowest BCUT2D eigenvalue weighted by Crippen LogP contribution is -2.30. The van der Waals surface area contributed by atoms with Crippen molar-refractivity contribution in [2.24, 2.45) is 11.3 Å². The summed E-state index contributed by atoms with van der Waals surface area (Å²) in [6.07, 6.45) is 6.88. The highest BCUT2D eigenvalue weighted by atomic mass is 16.5. The number of rotatable bonds is 7. The molecule has 2 heteroatoms. The second-order valence-corrected chi connectivity index (χ2v) is 6.51. The van der Waals surface area contributed by atoms with Gasteiger partial charge in [-0.3, -0.25) is 0 Å². The van der Waals surface area contributed by atoms with Crippen molar-refractivity contribution in [3.05, 3.63) is 0 Å². The Kier molecular flexibility index (Phi) is 6.50. The first kappa shape index (κ1) is 15.0. The summed E-state index contributed by atoms with van der Waals surface area (Å²) in [5, 5.41) is 3.46. The van der Waals surface area contributed by atoms with Gasteiger partial charge < -0.3 is 10.1 Å². The fraction of sp³-hybridized carbons (Fsp3) is 1.00. The zero-order valence-corrected chi connectivity index (χ0v) is 12.2.